The lowest BCUT2D eigenvalue weighted by Gasteiger charge is -2.07. The maximum atomic E-state index is 12.7. The van der Waals surface area contributed by atoms with Crippen molar-refractivity contribution in [2.24, 2.45) is 0 Å². The first-order valence-electron chi connectivity index (χ1n) is 6.90. The number of amides is 2. The minimum absolute atomic E-state index is 0.132. The Balaban J connectivity index is 1.67. The van der Waals surface area contributed by atoms with Crippen molar-refractivity contribution in [1.29, 1.82) is 0 Å². The SMILES string of the molecule is CC(=O)Nc1nc(CC(=O)NCCOc2ccc(F)cc2)cs1. The molecule has 8 heteroatoms. The van der Waals surface area contributed by atoms with Crippen LogP contribution in [0.25, 0.3) is 0 Å². The Bertz CT molecular complexity index is 673. The molecule has 0 saturated carbocycles. The summed E-state index contributed by atoms with van der Waals surface area (Å²) >= 11 is 1.27. The summed E-state index contributed by atoms with van der Waals surface area (Å²) in [5.74, 6) is -0.173. The Morgan fingerprint density at radius 1 is 1.30 bits per heavy atom. The van der Waals surface area contributed by atoms with Gasteiger partial charge in [-0.15, -0.1) is 11.3 Å². The fourth-order valence-corrected chi connectivity index (χ4v) is 2.47. The molecule has 0 unspecified atom stereocenters. The van der Waals surface area contributed by atoms with Crippen LogP contribution in [-0.4, -0.2) is 29.9 Å². The van der Waals surface area contributed by atoms with Crippen molar-refractivity contribution >= 4 is 28.3 Å². The summed E-state index contributed by atoms with van der Waals surface area (Å²) in [7, 11) is 0. The zero-order valence-electron chi connectivity index (χ0n) is 12.5. The lowest BCUT2D eigenvalue weighted by molar-refractivity contribution is -0.120. The van der Waals surface area contributed by atoms with Crippen molar-refractivity contribution in [2.75, 3.05) is 18.5 Å². The molecule has 2 N–H and O–H groups in total. The molecule has 0 spiro atoms. The number of rotatable bonds is 7. The quantitative estimate of drug-likeness (QED) is 0.757. The molecule has 1 aromatic carbocycles. The first-order chi connectivity index (χ1) is 11.0. The van der Waals surface area contributed by atoms with Crippen LogP contribution in [0.2, 0.25) is 0 Å². The normalized spacial score (nSPS) is 10.2. The van der Waals surface area contributed by atoms with Gasteiger partial charge < -0.3 is 15.4 Å². The summed E-state index contributed by atoms with van der Waals surface area (Å²) in [5.41, 5.74) is 0.593. The maximum Gasteiger partial charge on any atom is 0.226 e. The van der Waals surface area contributed by atoms with Crippen LogP contribution in [0.5, 0.6) is 5.75 Å². The predicted octanol–water partition coefficient (Wildman–Crippen LogP) is 1.98. The third kappa shape index (κ3) is 6.03. The first kappa shape index (κ1) is 16.9. The van der Waals surface area contributed by atoms with Crippen LogP contribution in [-0.2, 0) is 16.0 Å². The number of hydrogen-bond donors (Lipinski definition) is 2. The molecule has 2 aromatic rings. The number of ether oxygens (including phenoxy) is 1. The van der Waals surface area contributed by atoms with E-state index in [2.05, 4.69) is 15.6 Å². The summed E-state index contributed by atoms with van der Waals surface area (Å²) < 4.78 is 18.1. The van der Waals surface area contributed by atoms with E-state index in [-0.39, 0.29) is 30.7 Å². The van der Waals surface area contributed by atoms with E-state index in [0.29, 0.717) is 23.1 Å². The molecule has 0 radical (unpaired) electrons. The van der Waals surface area contributed by atoms with Crippen LogP contribution in [0.3, 0.4) is 0 Å². The lowest BCUT2D eigenvalue weighted by atomic mass is 10.3. The second-order valence-corrected chi connectivity index (χ2v) is 5.51. The summed E-state index contributed by atoms with van der Waals surface area (Å²) in [6, 6.07) is 5.66. The smallest absolute Gasteiger partial charge is 0.226 e. The van der Waals surface area contributed by atoms with Crippen LogP contribution in [0.1, 0.15) is 12.6 Å². The Labute approximate surface area is 136 Å². The minimum atomic E-state index is -0.326. The zero-order chi connectivity index (χ0) is 16.7. The molecular formula is C15H16FN3O3S. The molecule has 6 nitrogen and oxygen atoms in total. The Morgan fingerprint density at radius 3 is 2.74 bits per heavy atom. The number of carbonyl (C=O) groups is 2. The van der Waals surface area contributed by atoms with Crippen molar-refractivity contribution in [1.82, 2.24) is 10.3 Å². The third-order valence-corrected chi connectivity index (χ3v) is 3.49. The number of carbonyl (C=O) groups excluding carboxylic acids is 2. The van der Waals surface area contributed by atoms with E-state index in [1.807, 2.05) is 0 Å². The van der Waals surface area contributed by atoms with E-state index in [4.69, 9.17) is 4.74 Å². The molecule has 1 aromatic heterocycles. The van der Waals surface area contributed by atoms with Gasteiger partial charge in [-0.1, -0.05) is 0 Å². The minimum Gasteiger partial charge on any atom is -0.492 e. The summed E-state index contributed by atoms with van der Waals surface area (Å²) in [4.78, 5) is 26.8. The van der Waals surface area contributed by atoms with Crippen LogP contribution in [0, 0.1) is 5.82 Å². The average Bonchev–Trinajstić information content (AvgIpc) is 2.91. The standard InChI is InChI=1S/C15H16FN3O3S/c1-10(20)18-15-19-12(9-23-15)8-14(21)17-6-7-22-13-4-2-11(16)3-5-13/h2-5,9H,6-8H2,1H3,(H,17,21)(H,18,19,20). The van der Waals surface area contributed by atoms with Gasteiger partial charge in [-0.2, -0.15) is 0 Å². The van der Waals surface area contributed by atoms with Gasteiger partial charge in [-0.25, -0.2) is 9.37 Å². The lowest BCUT2D eigenvalue weighted by Crippen LogP contribution is -2.29. The average molecular weight is 337 g/mol. The van der Waals surface area contributed by atoms with Crippen molar-refractivity contribution < 1.29 is 18.7 Å². The predicted molar refractivity (Wildman–Crippen MR) is 85.0 cm³/mol. The van der Waals surface area contributed by atoms with Gasteiger partial charge in [0.2, 0.25) is 11.8 Å². The Kier molecular flexibility index (Phi) is 6.04. The van der Waals surface area contributed by atoms with Gasteiger partial charge in [0.05, 0.1) is 18.7 Å². The van der Waals surface area contributed by atoms with Crippen molar-refractivity contribution in [3.8, 4) is 5.75 Å². The number of nitrogens with zero attached hydrogens (tertiary/aromatic N) is 1. The van der Waals surface area contributed by atoms with Gasteiger partial charge in [-0.3, -0.25) is 9.59 Å². The highest BCUT2D eigenvalue weighted by molar-refractivity contribution is 7.13. The number of benzene rings is 1. The van der Waals surface area contributed by atoms with Gasteiger partial charge in [0.25, 0.3) is 0 Å². The molecule has 0 saturated heterocycles. The maximum absolute atomic E-state index is 12.7. The molecular weight excluding hydrogens is 321 g/mol. The monoisotopic (exact) mass is 337 g/mol. The number of hydrogen-bond acceptors (Lipinski definition) is 5. The number of nitrogens with one attached hydrogen (secondary N) is 2. The number of halogens is 1. The van der Waals surface area contributed by atoms with Crippen LogP contribution in [0.4, 0.5) is 9.52 Å². The topological polar surface area (TPSA) is 80.3 Å². The largest absolute Gasteiger partial charge is 0.492 e. The molecule has 0 aliphatic heterocycles. The molecule has 1 heterocycles. The van der Waals surface area contributed by atoms with E-state index >= 15 is 0 Å². The Morgan fingerprint density at radius 2 is 2.04 bits per heavy atom. The number of anilines is 1. The molecule has 0 fully saturated rings. The van der Waals surface area contributed by atoms with Gasteiger partial charge in [0, 0.05) is 12.3 Å². The molecule has 0 atom stereocenters. The van der Waals surface area contributed by atoms with Crippen molar-refractivity contribution in [2.45, 2.75) is 13.3 Å². The third-order valence-electron chi connectivity index (χ3n) is 2.68. The molecule has 0 aliphatic carbocycles. The van der Waals surface area contributed by atoms with Crippen LogP contribution >= 0.6 is 11.3 Å². The van der Waals surface area contributed by atoms with Crippen molar-refractivity contribution in [3.05, 3.63) is 41.2 Å². The van der Waals surface area contributed by atoms with Gasteiger partial charge >= 0.3 is 0 Å². The second kappa shape index (κ2) is 8.23. The van der Waals surface area contributed by atoms with E-state index in [1.54, 1.807) is 5.38 Å². The Hall–Kier alpha value is -2.48. The molecule has 23 heavy (non-hydrogen) atoms. The second-order valence-electron chi connectivity index (χ2n) is 4.65. The summed E-state index contributed by atoms with van der Waals surface area (Å²) in [5, 5.41) is 7.46. The fourth-order valence-electron chi connectivity index (χ4n) is 1.71. The molecule has 122 valence electrons. The fraction of sp³-hybridized carbons (Fsp3) is 0.267. The first-order valence-corrected chi connectivity index (χ1v) is 7.78. The molecule has 0 aliphatic rings. The highest BCUT2D eigenvalue weighted by Crippen LogP contribution is 2.15. The summed E-state index contributed by atoms with van der Waals surface area (Å²) in [6.07, 6.45) is 0.132. The van der Waals surface area contributed by atoms with Gasteiger partial charge in [0.15, 0.2) is 5.13 Å². The number of aromatic nitrogens is 1. The zero-order valence-corrected chi connectivity index (χ0v) is 13.3. The van der Waals surface area contributed by atoms with E-state index in [1.165, 1.54) is 42.5 Å². The van der Waals surface area contributed by atoms with E-state index in [9.17, 15) is 14.0 Å². The van der Waals surface area contributed by atoms with Gasteiger partial charge in [0.1, 0.15) is 18.2 Å². The van der Waals surface area contributed by atoms with Gasteiger partial charge in [-0.05, 0) is 24.3 Å². The van der Waals surface area contributed by atoms with Crippen LogP contribution in [0.15, 0.2) is 29.6 Å². The van der Waals surface area contributed by atoms with Crippen LogP contribution < -0.4 is 15.4 Å². The molecule has 2 rings (SSSR count). The number of thiazole rings is 1. The molecule has 2 amide bonds. The summed E-state index contributed by atoms with van der Waals surface area (Å²) in [6.45, 7) is 2.01. The van der Waals surface area contributed by atoms with Crippen molar-refractivity contribution in [3.63, 3.8) is 0 Å². The highest BCUT2D eigenvalue weighted by Gasteiger charge is 2.08. The molecule has 0 bridgehead atoms. The van der Waals surface area contributed by atoms with E-state index in [0.717, 1.165) is 0 Å². The highest BCUT2D eigenvalue weighted by atomic mass is 32.1. The van der Waals surface area contributed by atoms with E-state index < -0.39 is 0 Å².